The van der Waals surface area contributed by atoms with Gasteiger partial charge in [-0.25, -0.2) is 24.9 Å². The van der Waals surface area contributed by atoms with Crippen molar-refractivity contribution >= 4 is 22.9 Å². The minimum absolute atomic E-state index is 0.0682. The summed E-state index contributed by atoms with van der Waals surface area (Å²) >= 11 is 0. The number of nitrogens with two attached hydrogens (primary N) is 1. The zero-order valence-electron chi connectivity index (χ0n) is 15.9. The van der Waals surface area contributed by atoms with Gasteiger partial charge in [-0.2, -0.15) is 0 Å². The highest BCUT2D eigenvalue weighted by molar-refractivity contribution is 5.87. The Morgan fingerprint density at radius 2 is 1.86 bits per heavy atom. The molecular weight excluding hydrogens is 356 g/mol. The van der Waals surface area contributed by atoms with E-state index in [4.69, 9.17) is 25.4 Å². The Kier molecular flexibility index (Phi) is 3.24. The summed E-state index contributed by atoms with van der Waals surface area (Å²) < 4.78 is 8.17. The van der Waals surface area contributed by atoms with E-state index in [2.05, 4.69) is 26.4 Å². The number of nitrogen functional groups attached to an aromatic ring is 1. The molecule has 9 heteroatoms. The van der Waals surface area contributed by atoms with E-state index in [1.54, 1.807) is 12.4 Å². The maximum absolute atomic E-state index is 5.99. The molecule has 6 heterocycles. The zero-order chi connectivity index (χ0) is 19.0. The fourth-order valence-corrected chi connectivity index (χ4v) is 4.78. The van der Waals surface area contributed by atoms with Gasteiger partial charge in [-0.05, 0) is 32.6 Å². The monoisotopic (exact) mass is 378 g/mol. The average Bonchev–Trinajstić information content (AvgIpc) is 3.34. The first kappa shape index (κ1) is 16.2. The number of aromatic nitrogens is 6. The summed E-state index contributed by atoms with van der Waals surface area (Å²) in [7, 11) is 0. The van der Waals surface area contributed by atoms with E-state index < -0.39 is 0 Å². The quantitative estimate of drug-likeness (QED) is 0.721. The van der Waals surface area contributed by atoms with Gasteiger partial charge in [0.15, 0.2) is 22.8 Å². The van der Waals surface area contributed by atoms with Crippen molar-refractivity contribution in [3.63, 3.8) is 0 Å². The summed E-state index contributed by atoms with van der Waals surface area (Å²) in [6.45, 7) is 5.90. The lowest BCUT2D eigenvalue weighted by molar-refractivity contribution is -0.0287. The second kappa shape index (κ2) is 5.60. The molecule has 2 atom stereocenters. The van der Waals surface area contributed by atoms with Crippen LogP contribution in [0.3, 0.4) is 0 Å². The predicted octanol–water partition coefficient (Wildman–Crippen LogP) is 1.94. The minimum Gasteiger partial charge on any atom is -0.368 e. The van der Waals surface area contributed by atoms with Gasteiger partial charge in [0.2, 0.25) is 5.95 Å². The Labute approximate surface area is 162 Å². The van der Waals surface area contributed by atoms with Crippen LogP contribution in [0, 0.1) is 5.92 Å². The Hall–Kier alpha value is -2.81. The number of ether oxygens (including phenoxy) is 1. The fraction of sp³-hybridized carbons (Fsp3) is 0.526. The predicted molar refractivity (Wildman–Crippen MR) is 104 cm³/mol. The molecular formula is C19H22N8O. The molecule has 2 saturated heterocycles. The highest BCUT2D eigenvalue weighted by Crippen LogP contribution is 2.45. The Morgan fingerprint density at radius 3 is 2.57 bits per heavy atom. The molecule has 0 unspecified atom stereocenters. The van der Waals surface area contributed by atoms with E-state index in [9.17, 15) is 0 Å². The molecule has 2 bridgehead atoms. The van der Waals surface area contributed by atoms with E-state index in [0.29, 0.717) is 11.9 Å². The van der Waals surface area contributed by atoms with Crippen molar-refractivity contribution in [1.29, 1.82) is 0 Å². The molecule has 1 aliphatic carbocycles. The molecule has 3 aromatic rings. The molecule has 0 spiro atoms. The molecule has 144 valence electrons. The van der Waals surface area contributed by atoms with Gasteiger partial charge in [0.25, 0.3) is 0 Å². The highest BCUT2D eigenvalue weighted by atomic mass is 16.5. The lowest BCUT2D eigenvalue weighted by Gasteiger charge is -2.27. The summed E-state index contributed by atoms with van der Waals surface area (Å²) in [6.07, 6.45) is 5.90. The zero-order valence-corrected chi connectivity index (χ0v) is 15.9. The molecule has 7 rings (SSSR count). The fourth-order valence-electron chi connectivity index (χ4n) is 4.78. The number of hydrogen-bond acceptors (Lipinski definition) is 8. The van der Waals surface area contributed by atoms with Crippen LogP contribution in [0.5, 0.6) is 0 Å². The molecule has 9 nitrogen and oxygen atoms in total. The molecule has 28 heavy (non-hydrogen) atoms. The third-order valence-electron chi connectivity index (χ3n) is 6.15. The van der Waals surface area contributed by atoms with Crippen LogP contribution in [0.1, 0.15) is 38.6 Å². The Bertz CT molecular complexity index is 1070. The van der Waals surface area contributed by atoms with Gasteiger partial charge in [0, 0.05) is 25.0 Å². The van der Waals surface area contributed by atoms with Crippen molar-refractivity contribution in [3.8, 4) is 11.4 Å². The average molecular weight is 378 g/mol. The van der Waals surface area contributed by atoms with Crippen molar-refractivity contribution in [3.05, 3.63) is 18.2 Å². The van der Waals surface area contributed by atoms with Crippen LogP contribution in [0.2, 0.25) is 0 Å². The topological polar surface area (TPSA) is 108 Å². The Morgan fingerprint density at radius 1 is 1.07 bits per heavy atom. The van der Waals surface area contributed by atoms with E-state index in [0.717, 1.165) is 47.4 Å². The molecule has 0 radical (unpaired) electrons. The third-order valence-corrected chi connectivity index (χ3v) is 6.15. The summed E-state index contributed by atoms with van der Waals surface area (Å²) in [4.78, 5) is 25.4. The van der Waals surface area contributed by atoms with Crippen LogP contribution in [0.15, 0.2) is 12.4 Å². The van der Waals surface area contributed by atoms with Gasteiger partial charge >= 0.3 is 0 Å². The Balaban J connectivity index is 1.59. The van der Waals surface area contributed by atoms with Crippen LogP contribution in [-0.4, -0.2) is 48.2 Å². The molecule has 1 saturated carbocycles. The van der Waals surface area contributed by atoms with E-state index in [1.807, 2.05) is 6.92 Å². The number of nitrogens with zero attached hydrogens (tertiary/aromatic N) is 7. The number of fused-ring (bicyclic) bond motifs is 4. The summed E-state index contributed by atoms with van der Waals surface area (Å²) in [5.74, 6) is 3.47. The lowest BCUT2D eigenvalue weighted by Crippen LogP contribution is -2.29. The summed E-state index contributed by atoms with van der Waals surface area (Å²) in [6, 6.07) is 0.560. The van der Waals surface area contributed by atoms with Gasteiger partial charge in [-0.1, -0.05) is 0 Å². The van der Waals surface area contributed by atoms with Crippen LogP contribution in [-0.2, 0) is 11.3 Å². The number of anilines is 2. The van der Waals surface area contributed by atoms with Crippen molar-refractivity contribution < 1.29 is 4.74 Å². The smallest absolute Gasteiger partial charge is 0.219 e. The van der Waals surface area contributed by atoms with Crippen LogP contribution in [0.4, 0.5) is 11.8 Å². The number of hydrogen-bond donors (Lipinski definition) is 1. The minimum atomic E-state index is -0.0682. The third kappa shape index (κ3) is 2.25. The number of rotatable bonds is 2. The maximum atomic E-state index is 5.99. The molecule has 3 aliphatic heterocycles. The van der Waals surface area contributed by atoms with Gasteiger partial charge in [0.1, 0.15) is 11.9 Å². The molecule has 0 aromatic carbocycles. The SMILES string of the molecule is C[C@@H]1Cn2c(nc3c(N4CC5CC4C5)nc(-c4cnc(N)nc4)nc32)[C@@H](C)O1. The maximum Gasteiger partial charge on any atom is 0.219 e. The van der Waals surface area contributed by atoms with Crippen molar-refractivity contribution in [2.24, 2.45) is 5.92 Å². The van der Waals surface area contributed by atoms with Gasteiger partial charge in [-0.3, -0.25) is 0 Å². The molecule has 3 aromatic heterocycles. The van der Waals surface area contributed by atoms with Crippen LogP contribution >= 0.6 is 0 Å². The molecule has 0 amide bonds. The van der Waals surface area contributed by atoms with Crippen molar-refractivity contribution in [1.82, 2.24) is 29.5 Å². The van der Waals surface area contributed by atoms with Gasteiger partial charge < -0.3 is 19.9 Å². The molecule has 2 N–H and O–H groups in total. The van der Waals surface area contributed by atoms with Crippen LogP contribution < -0.4 is 10.6 Å². The van der Waals surface area contributed by atoms with Gasteiger partial charge in [0.05, 0.1) is 18.2 Å². The second-order valence-electron chi connectivity index (χ2n) is 8.19. The normalized spacial score (nSPS) is 28.4. The van der Waals surface area contributed by atoms with Gasteiger partial charge in [-0.15, -0.1) is 0 Å². The van der Waals surface area contributed by atoms with E-state index in [-0.39, 0.29) is 18.2 Å². The first-order valence-corrected chi connectivity index (χ1v) is 9.85. The van der Waals surface area contributed by atoms with E-state index >= 15 is 0 Å². The second-order valence-corrected chi connectivity index (χ2v) is 8.19. The van der Waals surface area contributed by atoms with Crippen LogP contribution in [0.25, 0.3) is 22.6 Å². The van der Waals surface area contributed by atoms with E-state index in [1.165, 1.54) is 12.8 Å². The lowest BCUT2D eigenvalue weighted by atomic mass is 9.86. The number of imidazole rings is 1. The van der Waals surface area contributed by atoms with Crippen molar-refractivity contribution in [2.75, 3.05) is 17.2 Å². The van der Waals surface area contributed by atoms with Crippen molar-refractivity contribution in [2.45, 2.75) is 51.5 Å². The summed E-state index contributed by atoms with van der Waals surface area (Å²) in [5, 5.41) is 0. The summed E-state index contributed by atoms with van der Waals surface area (Å²) in [5.41, 5.74) is 8.14. The highest BCUT2D eigenvalue weighted by Gasteiger charge is 2.44. The first-order chi connectivity index (χ1) is 13.6. The standard InChI is InChI=1S/C19H22N8O/c1-9-7-27-16(10(2)28-9)23-14-17(26-8-11-3-13(26)4-11)24-15(25-18(14)27)12-5-21-19(20)22-6-12/h5-6,9-11,13H,3-4,7-8H2,1-2H3,(H2,20,21,22)/t9-,10-,11?,13?/m1/s1. The molecule has 3 fully saturated rings. The first-order valence-electron chi connectivity index (χ1n) is 9.85. The largest absolute Gasteiger partial charge is 0.368 e. The molecule has 4 aliphatic rings.